The predicted molar refractivity (Wildman–Crippen MR) is 134 cm³/mol. The van der Waals surface area contributed by atoms with Crippen LogP contribution in [0.4, 0.5) is 0 Å². The first-order chi connectivity index (χ1) is 15.9. The number of ether oxygens (including phenoxy) is 2. The molecule has 2 rings (SSSR count). The number of esters is 2. The first kappa shape index (κ1) is 26.6. The molecule has 0 fully saturated rings. The fourth-order valence-electron chi connectivity index (χ4n) is 3.79. The molecule has 3 atom stereocenters. The molecule has 0 spiro atoms. The molecule has 0 N–H and O–H groups in total. The molecule has 0 amide bonds. The summed E-state index contributed by atoms with van der Waals surface area (Å²) in [7, 11) is 0. The van der Waals surface area contributed by atoms with E-state index >= 15 is 0 Å². The second-order valence-corrected chi connectivity index (χ2v) is 8.92. The summed E-state index contributed by atoms with van der Waals surface area (Å²) in [6, 6.07) is 15.3. The number of hydrogen-bond donors (Lipinski definition) is 0. The van der Waals surface area contributed by atoms with Crippen molar-refractivity contribution in [3.8, 4) is 0 Å². The van der Waals surface area contributed by atoms with Crippen LogP contribution in [-0.2, 0) is 22.3 Å². The molecule has 4 nitrogen and oxygen atoms in total. The SMILES string of the molecule is CCCCc1ccc(C(=O)OC(C)C(C)C(CC)OC(=O)c2ccc(CCCC)cc2)cc1. The highest BCUT2D eigenvalue weighted by Gasteiger charge is 2.28. The topological polar surface area (TPSA) is 52.6 Å². The zero-order chi connectivity index (χ0) is 24.2. The van der Waals surface area contributed by atoms with Crippen LogP contribution in [0.3, 0.4) is 0 Å². The first-order valence-electron chi connectivity index (χ1n) is 12.5. The molecule has 0 aromatic heterocycles. The second-order valence-electron chi connectivity index (χ2n) is 8.92. The van der Waals surface area contributed by atoms with Crippen LogP contribution in [-0.4, -0.2) is 24.1 Å². The minimum absolute atomic E-state index is 0.129. The van der Waals surface area contributed by atoms with Crippen molar-refractivity contribution in [2.24, 2.45) is 5.92 Å². The molecule has 0 bridgehead atoms. The highest BCUT2D eigenvalue weighted by molar-refractivity contribution is 5.90. The summed E-state index contributed by atoms with van der Waals surface area (Å²) in [4.78, 5) is 25.3. The Hall–Kier alpha value is -2.62. The van der Waals surface area contributed by atoms with Crippen molar-refractivity contribution in [1.29, 1.82) is 0 Å². The van der Waals surface area contributed by atoms with Gasteiger partial charge in [-0.1, -0.05) is 64.8 Å². The Balaban J connectivity index is 1.93. The Kier molecular flexibility index (Phi) is 11.2. The van der Waals surface area contributed by atoms with Crippen LogP contribution in [0.1, 0.15) is 98.6 Å². The van der Waals surface area contributed by atoms with E-state index in [1.54, 1.807) is 0 Å². The van der Waals surface area contributed by atoms with Crippen LogP contribution in [0.15, 0.2) is 48.5 Å². The largest absolute Gasteiger partial charge is 0.459 e. The van der Waals surface area contributed by atoms with Crippen LogP contribution < -0.4 is 0 Å². The third kappa shape index (κ3) is 8.34. The molecule has 2 aromatic carbocycles. The smallest absolute Gasteiger partial charge is 0.338 e. The van der Waals surface area contributed by atoms with Gasteiger partial charge in [0.2, 0.25) is 0 Å². The quantitative estimate of drug-likeness (QED) is 0.302. The summed E-state index contributed by atoms with van der Waals surface area (Å²) in [5, 5.41) is 0. The average molecular weight is 453 g/mol. The molecule has 2 aromatic rings. The average Bonchev–Trinajstić information content (AvgIpc) is 2.84. The minimum Gasteiger partial charge on any atom is -0.459 e. The molecule has 0 heterocycles. The van der Waals surface area contributed by atoms with Gasteiger partial charge >= 0.3 is 11.9 Å². The van der Waals surface area contributed by atoms with Gasteiger partial charge in [0.25, 0.3) is 0 Å². The molecule has 0 radical (unpaired) electrons. The fraction of sp³-hybridized carbons (Fsp3) is 0.517. The summed E-state index contributed by atoms with van der Waals surface area (Å²) < 4.78 is 11.5. The van der Waals surface area contributed by atoms with Crippen molar-refractivity contribution in [3.05, 3.63) is 70.8 Å². The van der Waals surface area contributed by atoms with E-state index in [0.717, 1.165) is 38.5 Å². The van der Waals surface area contributed by atoms with Crippen molar-refractivity contribution in [3.63, 3.8) is 0 Å². The number of hydrogen-bond acceptors (Lipinski definition) is 4. The van der Waals surface area contributed by atoms with E-state index in [1.165, 1.54) is 11.1 Å². The van der Waals surface area contributed by atoms with Gasteiger partial charge in [-0.15, -0.1) is 0 Å². The highest BCUT2D eigenvalue weighted by Crippen LogP contribution is 2.21. The number of rotatable bonds is 13. The van der Waals surface area contributed by atoms with Crippen LogP contribution in [0.5, 0.6) is 0 Å². The lowest BCUT2D eigenvalue weighted by molar-refractivity contribution is -0.0238. The van der Waals surface area contributed by atoms with Gasteiger partial charge in [-0.2, -0.15) is 0 Å². The Morgan fingerprint density at radius 2 is 1.12 bits per heavy atom. The number of unbranched alkanes of at least 4 members (excludes halogenated alkanes) is 2. The number of aryl methyl sites for hydroxylation is 2. The monoisotopic (exact) mass is 452 g/mol. The summed E-state index contributed by atoms with van der Waals surface area (Å²) in [6.45, 7) is 10.1. The van der Waals surface area contributed by atoms with Gasteiger partial charge in [-0.3, -0.25) is 0 Å². The normalized spacial score (nSPS) is 13.7. The standard InChI is InChI=1S/C29H40O4/c1-6-9-11-23-13-17-25(18-14-23)28(30)32-22(5)21(4)27(8-3)33-29(31)26-19-15-24(16-20-26)12-10-7-2/h13-22,27H,6-12H2,1-5H3. The Morgan fingerprint density at radius 1 is 0.697 bits per heavy atom. The molecule has 3 unspecified atom stereocenters. The molecular weight excluding hydrogens is 412 g/mol. The van der Waals surface area contributed by atoms with Crippen molar-refractivity contribution < 1.29 is 19.1 Å². The Bertz CT molecular complexity index is 854. The lowest BCUT2D eigenvalue weighted by atomic mass is 9.96. The maximum atomic E-state index is 12.7. The van der Waals surface area contributed by atoms with E-state index in [1.807, 2.05) is 69.3 Å². The maximum Gasteiger partial charge on any atom is 0.338 e. The minimum atomic E-state index is -0.383. The van der Waals surface area contributed by atoms with Crippen LogP contribution >= 0.6 is 0 Å². The third-order valence-corrected chi connectivity index (χ3v) is 6.30. The van der Waals surface area contributed by atoms with Gasteiger partial charge in [-0.05, 0) is 74.4 Å². The van der Waals surface area contributed by atoms with Gasteiger partial charge in [0.05, 0.1) is 11.1 Å². The summed E-state index contributed by atoms with van der Waals surface area (Å²) in [5.41, 5.74) is 3.55. The van der Waals surface area contributed by atoms with Gasteiger partial charge < -0.3 is 9.47 Å². The van der Waals surface area contributed by atoms with E-state index in [9.17, 15) is 9.59 Å². The summed E-state index contributed by atoms with van der Waals surface area (Å²) in [5.74, 6) is -0.812. The zero-order valence-electron chi connectivity index (χ0n) is 20.9. The van der Waals surface area contributed by atoms with E-state index in [4.69, 9.17) is 9.47 Å². The van der Waals surface area contributed by atoms with Crippen molar-refractivity contribution in [1.82, 2.24) is 0 Å². The van der Waals surface area contributed by atoms with Crippen molar-refractivity contribution in [2.75, 3.05) is 0 Å². The molecule has 180 valence electrons. The molecule has 0 aliphatic carbocycles. The van der Waals surface area contributed by atoms with Gasteiger partial charge in [0.1, 0.15) is 12.2 Å². The second kappa shape index (κ2) is 13.8. The first-order valence-corrected chi connectivity index (χ1v) is 12.5. The van der Waals surface area contributed by atoms with E-state index in [0.29, 0.717) is 17.5 Å². The molecule has 0 saturated carbocycles. The molecule has 0 aliphatic heterocycles. The molecular formula is C29H40O4. The Morgan fingerprint density at radius 3 is 1.52 bits per heavy atom. The number of benzene rings is 2. The maximum absolute atomic E-state index is 12.7. The lowest BCUT2D eigenvalue weighted by Gasteiger charge is -2.28. The van der Waals surface area contributed by atoms with Crippen molar-refractivity contribution >= 4 is 11.9 Å². The molecule has 33 heavy (non-hydrogen) atoms. The summed E-state index contributed by atoms with van der Waals surface area (Å²) in [6.07, 6.45) is 6.53. The molecule has 4 heteroatoms. The Labute approximate surface area is 199 Å². The number of carbonyl (C=O) groups excluding carboxylic acids is 2. The van der Waals surface area contributed by atoms with E-state index in [2.05, 4.69) is 13.8 Å². The number of carbonyl (C=O) groups is 2. The fourth-order valence-corrected chi connectivity index (χ4v) is 3.79. The van der Waals surface area contributed by atoms with Gasteiger partial charge in [0, 0.05) is 5.92 Å². The van der Waals surface area contributed by atoms with E-state index in [-0.39, 0.29) is 30.1 Å². The predicted octanol–water partition coefficient (Wildman–Crippen LogP) is 7.19. The van der Waals surface area contributed by atoms with Crippen LogP contribution in [0.2, 0.25) is 0 Å². The van der Waals surface area contributed by atoms with Gasteiger partial charge in [-0.25, -0.2) is 9.59 Å². The van der Waals surface area contributed by atoms with Crippen molar-refractivity contribution in [2.45, 2.75) is 91.8 Å². The molecule has 0 saturated heterocycles. The lowest BCUT2D eigenvalue weighted by Crippen LogP contribution is -2.34. The van der Waals surface area contributed by atoms with Gasteiger partial charge in [0.15, 0.2) is 0 Å². The third-order valence-electron chi connectivity index (χ3n) is 6.30. The van der Waals surface area contributed by atoms with Crippen LogP contribution in [0.25, 0.3) is 0 Å². The van der Waals surface area contributed by atoms with E-state index < -0.39 is 0 Å². The molecule has 0 aliphatic rings. The summed E-state index contributed by atoms with van der Waals surface area (Å²) >= 11 is 0. The van der Waals surface area contributed by atoms with Crippen LogP contribution in [0, 0.1) is 5.92 Å². The highest BCUT2D eigenvalue weighted by atomic mass is 16.6. The zero-order valence-corrected chi connectivity index (χ0v) is 20.9.